The lowest BCUT2D eigenvalue weighted by atomic mass is 9.98. The maximum absolute atomic E-state index is 11.7. The number of hydrogen-bond donors (Lipinski definition) is 3. The number of nitrogens with two attached hydrogens (primary N) is 1. The third-order valence-electron chi connectivity index (χ3n) is 2.83. The Bertz CT molecular complexity index is 266. The molecule has 1 rings (SSSR count). The van der Waals surface area contributed by atoms with E-state index in [1.165, 1.54) is 0 Å². The van der Waals surface area contributed by atoms with Crippen LogP contribution in [0, 0.1) is 5.92 Å². The minimum absolute atomic E-state index is 0.0738. The summed E-state index contributed by atoms with van der Waals surface area (Å²) >= 11 is 0. The summed E-state index contributed by atoms with van der Waals surface area (Å²) < 4.78 is 0. The fourth-order valence-corrected chi connectivity index (χ4v) is 1.81. The van der Waals surface area contributed by atoms with E-state index in [9.17, 15) is 9.59 Å². The fourth-order valence-electron chi connectivity index (χ4n) is 1.81. The highest BCUT2D eigenvalue weighted by Gasteiger charge is 2.34. The van der Waals surface area contributed by atoms with E-state index in [1.54, 1.807) is 0 Å². The molecule has 0 aromatic heterocycles. The molecule has 1 aliphatic rings. The smallest absolute Gasteiger partial charge is 0.243 e. The molecule has 0 radical (unpaired) electrons. The van der Waals surface area contributed by atoms with E-state index in [4.69, 9.17) is 5.73 Å². The van der Waals surface area contributed by atoms with Gasteiger partial charge >= 0.3 is 0 Å². The van der Waals surface area contributed by atoms with Gasteiger partial charge in [-0.05, 0) is 31.7 Å². The highest BCUT2D eigenvalue weighted by atomic mass is 16.2. The van der Waals surface area contributed by atoms with E-state index in [0.29, 0.717) is 13.0 Å². The first kappa shape index (κ1) is 13.0. The summed E-state index contributed by atoms with van der Waals surface area (Å²) in [4.78, 5) is 23.4. The van der Waals surface area contributed by atoms with Gasteiger partial charge in [-0.3, -0.25) is 9.59 Å². The predicted octanol–water partition coefficient (Wildman–Crippen LogP) is -0.245. The highest BCUT2D eigenvalue weighted by molar-refractivity contribution is 5.97. The molecule has 0 unspecified atom stereocenters. The van der Waals surface area contributed by atoms with Crippen LogP contribution in [0.25, 0.3) is 0 Å². The third kappa shape index (κ3) is 3.20. The summed E-state index contributed by atoms with van der Waals surface area (Å²) in [6.07, 6.45) is 2.41. The molecule has 0 aromatic rings. The van der Waals surface area contributed by atoms with Crippen molar-refractivity contribution in [2.24, 2.45) is 11.7 Å². The summed E-state index contributed by atoms with van der Waals surface area (Å²) in [5.41, 5.74) is 5.38. The molecule has 0 spiro atoms. The second-order valence-corrected chi connectivity index (χ2v) is 4.58. The lowest BCUT2D eigenvalue weighted by molar-refractivity contribution is -0.138. The maximum atomic E-state index is 11.7. The lowest BCUT2D eigenvalue weighted by Gasteiger charge is -2.31. The van der Waals surface area contributed by atoms with Gasteiger partial charge in [0.2, 0.25) is 11.8 Å². The topological polar surface area (TPSA) is 84.2 Å². The third-order valence-corrected chi connectivity index (χ3v) is 2.83. The van der Waals surface area contributed by atoms with Crippen molar-refractivity contribution in [3.8, 4) is 0 Å². The zero-order valence-electron chi connectivity index (χ0n) is 9.95. The van der Waals surface area contributed by atoms with Crippen molar-refractivity contribution in [1.29, 1.82) is 0 Å². The van der Waals surface area contributed by atoms with Crippen LogP contribution >= 0.6 is 0 Å². The number of nitrogens with one attached hydrogen (secondary N) is 2. The van der Waals surface area contributed by atoms with Gasteiger partial charge in [-0.2, -0.15) is 0 Å². The SMILES string of the molecule is CC(C)[C@@H]1NC(=O)[C@H](CCCCN)NC1=O. The fraction of sp³-hybridized carbons (Fsp3) is 0.818. The highest BCUT2D eigenvalue weighted by Crippen LogP contribution is 2.10. The number of carbonyl (C=O) groups is 2. The quantitative estimate of drug-likeness (QED) is 0.566. The van der Waals surface area contributed by atoms with Crippen LogP contribution in [0.4, 0.5) is 0 Å². The summed E-state index contributed by atoms with van der Waals surface area (Å²) in [6, 6.07) is -0.771. The van der Waals surface area contributed by atoms with Gasteiger partial charge in [0.1, 0.15) is 12.1 Å². The Morgan fingerprint density at radius 2 is 1.88 bits per heavy atom. The van der Waals surface area contributed by atoms with Gasteiger partial charge in [-0.1, -0.05) is 13.8 Å². The van der Waals surface area contributed by atoms with Crippen LogP contribution in [0.5, 0.6) is 0 Å². The monoisotopic (exact) mass is 227 g/mol. The molecule has 2 amide bonds. The molecule has 1 saturated heterocycles. The molecule has 16 heavy (non-hydrogen) atoms. The largest absolute Gasteiger partial charge is 0.343 e. The zero-order chi connectivity index (χ0) is 12.1. The standard InChI is InChI=1S/C11H21N3O2/c1-7(2)9-11(16)13-8(10(15)14-9)5-3-4-6-12/h7-9H,3-6,12H2,1-2H3,(H,13,16)(H,14,15)/t8-,9-/m0/s1. The van der Waals surface area contributed by atoms with E-state index in [2.05, 4.69) is 10.6 Å². The summed E-state index contributed by atoms with van der Waals surface area (Å²) in [6.45, 7) is 4.45. The van der Waals surface area contributed by atoms with Crippen molar-refractivity contribution in [3.63, 3.8) is 0 Å². The average molecular weight is 227 g/mol. The van der Waals surface area contributed by atoms with Crippen molar-refractivity contribution < 1.29 is 9.59 Å². The maximum Gasteiger partial charge on any atom is 0.243 e. The molecule has 0 saturated carbocycles. The molecule has 2 atom stereocenters. The number of piperazine rings is 1. The van der Waals surface area contributed by atoms with E-state index >= 15 is 0 Å². The van der Waals surface area contributed by atoms with Crippen LogP contribution in [-0.4, -0.2) is 30.4 Å². The predicted molar refractivity (Wildman–Crippen MR) is 61.6 cm³/mol. The Hall–Kier alpha value is -1.10. The van der Waals surface area contributed by atoms with E-state index in [1.807, 2.05) is 13.8 Å². The van der Waals surface area contributed by atoms with Gasteiger partial charge in [0.25, 0.3) is 0 Å². The molecular weight excluding hydrogens is 206 g/mol. The molecule has 0 aromatic carbocycles. The molecule has 4 N–H and O–H groups in total. The van der Waals surface area contributed by atoms with Crippen molar-refractivity contribution in [2.75, 3.05) is 6.54 Å². The van der Waals surface area contributed by atoms with Gasteiger partial charge in [0.15, 0.2) is 0 Å². The second kappa shape index (κ2) is 5.84. The summed E-state index contributed by atoms with van der Waals surface area (Å²) in [5.74, 6) is -0.0309. The molecule has 1 aliphatic heterocycles. The Morgan fingerprint density at radius 1 is 1.19 bits per heavy atom. The van der Waals surface area contributed by atoms with Crippen molar-refractivity contribution >= 4 is 11.8 Å². The number of unbranched alkanes of at least 4 members (excludes halogenated alkanes) is 1. The number of amides is 2. The van der Waals surface area contributed by atoms with E-state index in [0.717, 1.165) is 12.8 Å². The normalized spacial score (nSPS) is 25.5. The summed E-state index contributed by atoms with van der Waals surface area (Å²) in [5, 5.41) is 5.53. The number of rotatable bonds is 5. The minimum atomic E-state index is -0.391. The van der Waals surface area contributed by atoms with E-state index in [-0.39, 0.29) is 23.8 Å². The van der Waals surface area contributed by atoms with Crippen LogP contribution in [0.15, 0.2) is 0 Å². The molecule has 1 heterocycles. The van der Waals surface area contributed by atoms with Crippen LogP contribution in [0.3, 0.4) is 0 Å². The molecule has 0 aliphatic carbocycles. The van der Waals surface area contributed by atoms with Crippen LogP contribution in [0.1, 0.15) is 33.1 Å². The second-order valence-electron chi connectivity index (χ2n) is 4.58. The molecular formula is C11H21N3O2. The molecule has 5 nitrogen and oxygen atoms in total. The zero-order valence-corrected chi connectivity index (χ0v) is 9.95. The molecule has 1 fully saturated rings. The van der Waals surface area contributed by atoms with Crippen molar-refractivity contribution in [3.05, 3.63) is 0 Å². The van der Waals surface area contributed by atoms with Crippen LogP contribution < -0.4 is 16.4 Å². The van der Waals surface area contributed by atoms with Gasteiger partial charge in [0.05, 0.1) is 0 Å². The van der Waals surface area contributed by atoms with Crippen LogP contribution in [-0.2, 0) is 9.59 Å². The van der Waals surface area contributed by atoms with Gasteiger partial charge in [-0.15, -0.1) is 0 Å². The molecule has 92 valence electrons. The Balaban J connectivity index is 2.47. The van der Waals surface area contributed by atoms with Gasteiger partial charge in [-0.25, -0.2) is 0 Å². The van der Waals surface area contributed by atoms with Gasteiger partial charge < -0.3 is 16.4 Å². The first-order valence-electron chi connectivity index (χ1n) is 5.87. The van der Waals surface area contributed by atoms with Crippen molar-refractivity contribution in [2.45, 2.75) is 45.2 Å². The lowest BCUT2D eigenvalue weighted by Crippen LogP contribution is -2.63. The van der Waals surface area contributed by atoms with E-state index < -0.39 is 6.04 Å². The first-order valence-corrected chi connectivity index (χ1v) is 5.87. The van der Waals surface area contributed by atoms with Gasteiger partial charge in [0, 0.05) is 0 Å². The van der Waals surface area contributed by atoms with Crippen molar-refractivity contribution in [1.82, 2.24) is 10.6 Å². The number of carbonyl (C=O) groups excluding carboxylic acids is 2. The molecule has 0 bridgehead atoms. The Morgan fingerprint density at radius 3 is 2.44 bits per heavy atom. The Labute approximate surface area is 96.1 Å². The number of hydrogen-bond acceptors (Lipinski definition) is 3. The Kier molecular flexibility index (Phi) is 4.73. The first-order chi connectivity index (χ1) is 7.56. The summed E-state index contributed by atoms with van der Waals surface area (Å²) in [7, 11) is 0. The average Bonchev–Trinajstić information content (AvgIpc) is 2.22. The minimum Gasteiger partial charge on any atom is -0.343 e. The van der Waals surface area contributed by atoms with Crippen LogP contribution in [0.2, 0.25) is 0 Å². The molecule has 5 heteroatoms.